The zero-order valence-electron chi connectivity index (χ0n) is 10.6. The lowest BCUT2D eigenvalue weighted by Gasteiger charge is -2.16. The third-order valence-corrected chi connectivity index (χ3v) is 3.74. The first kappa shape index (κ1) is 14.6. The number of hydrogen-bond acceptors (Lipinski definition) is 3. The Balaban J connectivity index is 2.20. The Morgan fingerprint density at radius 3 is 3.05 bits per heavy atom. The molecule has 1 aromatic carbocycles. The van der Waals surface area contributed by atoms with E-state index in [2.05, 4.69) is 26.6 Å². The quantitative estimate of drug-likeness (QED) is 0.879. The molecule has 0 bridgehead atoms. The first-order valence-corrected chi connectivity index (χ1v) is 7.45. The van der Waals surface area contributed by atoms with Crippen LogP contribution < -0.4 is 15.4 Å². The minimum atomic E-state index is -0.132. The molecule has 1 heterocycles. The fourth-order valence-electron chi connectivity index (χ4n) is 2.07. The highest BCUT2D eigenvalue weighted by atomic mass is 79.9. The number of amides is 1. The highest BCUT2D eigenvalue weighted by Gasteiger charge is 2.23. The Bertz CT molecular complexity index is 476. The van der Waals surface area contributed by atoms with Crippen LogP contribution in [0.1, 0.15) is 19.8 Å². The Labute approximate surface area is 126 Å². The summed E-state index contributed by atoms with van der Waals surface area (Å²) in [7, 11) is 0. The Hall–Kier alpha value is -0.780. The third kappa shape index (κ3) is 3.61. The predicted molar refractivity (Wildman–Crippen MR) is 80.0 cm³/mol. The van der Waals surface area contributed by atoms with E-state index in [-0.39, 0.29) is 11.9 Å². The molecule has 1 fully saturated rings. The summed E-state index contributed by atoms with van der Waals surface area (Å²) >= 11 is 9.41. The second-order valence-corrected chi connectivity index (χ2v) is 5.63. The second kappa shape index (κ2) is 6.59. The molecular formula is C13H16BrClN2O2. The summed E-state index contributed by atoms with van der Waals surface area (Å²) in [5.74, 6) is 0.561. The van der Waals surface area contributed by atoms with E-state index in [0.29, 0.717) is 23.1 Å². The maximum atomic E-state index is 12.1. The maximum absolute atomic E-state index is 12.1. The van der Waals surface area contributed by atoms with Crippen molar-refractivity contribution in [2.45, 2.75) is 25.8 Å². The predicted octanol–water partition coefficient (Wildman–Crippen LogP) is 3.19. The lowest BCUT2D eigenvalue weighted by atomic mass is 10.2. The minimum Gasteiger partial charge on any atom is -0.491 e. The smallest absolute Gasteiger partial charge is 0.241 e. The fourth-order valence-corrected chi connectivity index (χ4v) is 3.00. The third-order valence-electron chi connectivity index (χ3n) is 2.93. The number of anilines is 1. The SMILES string of the molecule is CCOc1c(Br)cc(Cl)cc1NC(=O)[C@H]1CCCN1. The summed E-state index contributed by atoms with van der Waals surface area (Å²) in [6.45, 7) is 3.30. The van der Waals surface area contributed by atoms with E-state index < -0.39 is 0 Å². The summed E-state index contributed by atoms with van der Waals surface area (Å²) in [6.07, 6.45) is 1.88. The van der Waals surface area contributed by atoms with Crippen molar-refractivity contribution in [1.29, 1.82) is 0 Å². The average molecular weight is 348 g/mol. The Morgan fingerprint density at radius 1 is 1.63 bits per heavy atom. The van der Waals surface area contributed by atoms with Gasteiger partial charge in [0.1, 0.15) is 0 Å². The van der Waals surface area contributed by atoms with Crippen molar-refractivity contribution >= 4 is 39.1 Å². The van der Waals surface area contributed by atoms with Crippen LogP contribution in [0, 0.1) is 0 Å². The zero-order chi connectivity index (χ0) is 13.8. The number of nitrogens with one attached hydrogen (secondary N) is 2. The highest BCUT2D eigenvalue weighted by molar-refractivity contribution is 9.10. The van der Waals surface area contributed by atoms with Crippen LogP contribution in [0.5, 0.6) is 5.75 Å². The van der Waals surface area contributed by atoms with Gasteiger partial charge in [-0.2, -0.15) is 0 Å². The molecule has 0 spiro atoms. The van der Waals surface area contributed by atoms with Crippen LogP contribution in [0.3, 0.4) is 0 Å². The zero-order valence-corrected chi connectivity index (χ0v) is 13.0. The summed E-state index contributed by atoms with van der Waals surface area (Å²) in [5, 5.41) is 6.58. The normalized spacial score (nSPS) is 18.4. The van der Waals surface area contributed by atoms with Crippen molar-refractivity contribution in [2.75, 3.05) is 18.5 Å². The van der Waals surface area contributed by atoms with Crippen molar-refractivity contribution in [3.8, 4) is 5.75 Å². The van der Waals surface area contributed by atoms with Gasteiger partial charge in [0.2, 0.25) is 5.91 Å². The van der Waals surface area contributed by atoms with Crippen LogP contribution >= 0.6 is 27.5 Å². The molecule has 1 amide bonds. The Kier molecular flexibility index (Phi) is 5.07. The van der Waals surface area contributed by atoms with Gasteiger partial charge < -0.3 is 15.4 Å². The summed E-state index contributed by atoms with van der Waals surface area (Å²) in [5.41, 5.74) is 0.597. The van der Waals surface area contributed by atoms with E-state index in [1.54, 1.807) is 12.1 Å². The van der Waals surface area contributed by atoms with E-state index in [1.165, 1.54) is 0 Å². The maximum Gasteiger partial charge on any atom is 0.241 e. The topological polar surface area (TPSA) is 50.4 Å². The van der Waals surface area contributed by atoms with E-state index in [4.69, 9.17) is 16.3 Å². The summed E-state index contributed by atoms with van der Waals surface area (Å²) in [4.78, 5) is 12.1. The van der Waals surface area contributed by atoms with Gasteiger partial charge in [0.25, 0.3) is 0 Å². The molecule has 19 heavy (non-hydrogen) atoms. The first-order valence-electron chi connectivity index (χ1n) is 6.28. The molecule has 1 aliphatic heterocycles. The molecule has 0 radical (unpaired) electrons. The van der Waals surface area contributed by atoms with Crippen LogP contribution in [-0.2, 0) is 4.79 Å². The molecule has 6 heteroatoms. The molecule has 4 nitrogen and oxygen atoms in total. The van der Waals surface area contributed by atoms with Gasteiger partial charge in [0, 0.05) is 5.02 Å². The molecule has 0 saturated carbocycles. The van der Waals surface area contributed by atoms with Gasteiger partial charge in [-0.3, -0.25) is 4.79 Å². The molecule has 1 aromatic rings. The lowest BCUT2D eigenvalue weighted by molar-refractivity contribution is -0.117. The van der Waals surface area contributed by atoms with Gasteiger partial charge in [0.05, 0.1) is 22.8 Å². The largest absolute Gasteiger partial charge is 0.491 e. The van der Waals surface area contributed by atoms with Gasteiger partial charge in [-0.1, -0.05) is 11.6 Å². The number of carbonyl (C=O) groups is 1. The van der Waals surface area contributed by atoms with Crippen LogP contribution in [0.4, 0.5) is 5.69 Å². The van der Waals surface area contributed by atoms with Crippen LogP contribution in [0.25, 0.3) is 0 Å². The van der Waals surface area contributed by atoms with Crippen molar-refractivity contribution in [3.05, 3.63) is 21.6 Å². The molecule has 1 saturated heterocycles. The van der Waals surface area contributed by atoms with E-state index in [9.17, 15) is 4.79 Å². The molecular weight excluding hydrogens is 332 g/mol. The van der Waals surface area contributed by atoms with Crippen molar-refractivity contribution in [3.63, 3.8) is 0 Å². The van der Waals surface area contributed by atoms with Gasteiger partial charge >= 0.3 is 0 Å². The number of hydrogen-bond donors (Lipinski definition) is 2. The van der Waals surface area contributed by atoms with Crippen LogP contribution in [-0.4, -0.2) is 25.1 Å². The van der Waals surface area contributed by atoms with Crippen molar-refractivity contribution in [1.82, 2.24) is 5.32 Å². The molecule has 104 valence electrons. The van der Waals surface area contributed by atoms with E-state index >= 15 is 0 Å². The number of halogens is 2. The summed E-state index contributed by atoms with van der Waals surface area (Å²) in [6, 6.07) is 3.31. The fraction of sp³-hybridized carbons (Fsp3) is 0.462. The molecule has 0 aromatic heterocycles. The second-order valence-electron chi connectivity index (χ2n) is 4.34. The van der Waals surface area contributed by atoms with E-state index in [0.717, 1.165) is 23.9 Å². The lowest BCUT2D eigenvalue weighted by Crippen LogP contribution is -2.35. The molecule has 1 aliphatic rings. The Morgan fingerprint density at radius 2 is 2.42 bits per heavy atom. The average Bonchev–Trinajstić information content (AvgIpc) is 2.87. The van der Waals surface area contributed by atoms with Gasteiger partial charge in [-0.25, -0.2) is 0 Å². The minimum absolute atomic E-state index is 0.0485. The van der Waals surface area contributed by atoms with Crippen LogP contribution in [0.2, 0.25) is 5.02 Å². The molecule has 0 aliphatic carbocycles. The van der Waals surface area contributed by atoms with Gasteiger partial charge in [-0.15, -0.1) is 0 Å². The monoisotopic (exact) mass is 346 g/mol. The standard InChI is InChI=1S/C13H16BrClN2O2/c1-2-19-12-9(14)6-8(15)7-11(12)17-13(18)10-4-3-5-16-10/h6-7,10,16H,2-5H2,1H3,(H,17,18)/t10-/m1/s1. The van der Waals surface area contributed by atoms with Crippen molar-refractivity contribution in [2.24, 2.45) is 0 Å². The van der Waals surface area contributed by atoms with Crippen molar-refractivity contribution < 1.29 is 9.53 Å². The molecule has 0 unspecified atom stereocenters. The highest BCUT2D eigenvalue weighted by Crippen LogP contribution is 2.36. The first-order chi connectivity index (χ1) is 9.11. The molecule has 1 atom stereocenters. The number of benzene rings is 1. The molecule has 2 rings (SSSR count). The van der Waals surface area contributed by atoms with Crippen LogP contribution in [0.15, 0.2) is 16.6 Å². The summed E-state index contributed by atoms with van der Waals surface area (Å²) < 4.78 is 6.28. The van der Waals surface area contributed by atoms with Gasteiger partial charge in [0.15, 0.2) is 5.75 Å². The number of carbonyl (C=O) groups excluding carboxylic acids is 1. The van der Waals surface area contributed by atoms with E-state index in [1.807, 2.05) is 6.92 Å². The number of rotatable bonds is 4. The number of ether oxygens (including phenoxy) is 1. The molecule has 2 N–H and O–H groups in total. The van der Waals surface area contributed by atoms with Gasteiger partial charge in [-0.05, 0) is 54.4 Å².